The van der Waals surface area contributed by atoms with Crippen LogP contribution >= 0.6 is 0 Å². The fourth-order valence-electron chi connectivity index (χ4n) is 1.36. The van der Waals surface area contributed by atoms with Gasteiger partial charge in [0.25, 0.3) is 0 Å². The Hall–Kier alpha value is -1.36. The Bertz CT molecular complexity index is 490. The predicted octanol–water partition coefficient (Wildman–Crippen LogP) is 0.239. The third-order valence-electron chi connectivity index (χ3n) is 1.96. The zero-order valence-electron chi connectivity index (χ0n) is 6.65. The molecule has 1 aromatic rings. The molecule has 0 aromatic heterocycles. The van der Waals surface area contributed by atoms with E-state index in [4.69, 9.17) is 5.73 Å². The molecule has 0 aliphatic carbocycles. The zero-order valence-corrected chi connectivity index (χ0v) is 7.47. The van der Waals surface area contributed by atoms with Crippen LogP contribution in [0, 0.1) is 0 Å². The summed E-state index contributed by atoms with van der Waals surface area (Å²) in [5.74, 6) is -0.798. The number of fused-ring (bicyclic) bond motifs is 1. The smallest absolute Gasteiger partial charge is 0.186 e. The number of hydrogen-bond donors (Lipinski definition) is 1. The number of nitrogen functional groups attached to an aromatic ring is 1. The molecule has 0 bridgehead atoms. The first-order chi connectivity index (χ1) is 6.00. The van der Waals surface area contributed by atoms with E-state index < -0.39 is 15.6 Å². The summed E-state index contributed by atoms with van der Waals surface area (Å²) in [6, 6.07) is 4.27. The Morgan fingerprint density at radius 3 is 2.69 bits per heavy atom. The molecule has 1 aliphatic heterocycles. The summed E-state index contributed by atoms with van der Waals surface area (Å²) in [5.41, 5.74) is 6.06. The molecule has 0 unspecified atom stereocenters. The number of carbonyl (C=O) groups is 1. The van der Waals surface area contributed by atoms with Crippen molar-refractivity contribution < 1.29 is 13.2 Å². The fourth-order valence-corrected chi connectivity index (χ4v) is 2.80. The molecule has 2 N–H and O–H groups in total. The topological polar surface area (TPSA) is 77.2 Å². The molecule has 0 saturated carbocycles. The number of sulfone groups is 1. The second-order valence-corrected chi connectivity index (χ2v) is 4.90. The molecule has 2 rings (SSSR count). The number of Topliss-reactive ketones (excluding diaryl/α,β-unsaturated/α-hetero) is 1. The van der Waals surface area contributed by atoms with Crippen molar-refractivity contribution in [2.75, 3.05) is 11.5 Å². The van der Waals surface area contributed by atoms with Gasteiger partial charge < -0.3 is 5.73 Å². The van der Waals surface area contributed by atoms with Gasteiger partial charge in [0.05, 0.1) is 4.90 Å². The van der Waals surface area contributed by atoms with Gasteiger partial charge in [-0.15, -0.1) is 0 Å². The lowest BCUT2D eigenvalue weighted by Crippen LogP contribution is -2.03. The number of hydrogen-bond acceptors (Lipinski definition) is 4. The number of carbonyl (C=O) groups excluding carboxylic acids is 1. The highest BCUT2D eigenvalue weighted by atomic mass is 32.2. The first kappa shape index (κ1) is 8.25. The molecule has 0 atom stereocenters. The van der Waals surface area contributed by atoms with E-state index in [1.165, 1.54) is 18.2 Å². The minimum atomic E-state index is -3.38. The summed E-state index contributed by atoms with van der Waals surface area (Å²) in [6.45, 7) is 0. The maximum absolute atomic E-state index is 11.3. The van der Waals surface area contributed by atoms with Crippen LogP contribution in [0.5, 0.6) is 0 Å². The molecule has 1 aromatic carbocycles. The maximum atomic E-state index is 11.3. The normalized spacial score (nSPS) is 18.6. The van der Waals surface area contributed by atoms with E-state index in [0.717, 1.165) is 0 Å². The summed E-state index contributed by atoms with van der Waals surface area (Å²) in [6.07, 6.45) is 0. The van der Waals surface area contributed by atoms with Crippen molar-refractivity contribution >= 4 is 21.3 Å². The molecule has 13 heavy (non-hydrogen) atoms. The van der Waals surface area contributed by atoms with Crippen LogP contribution in [0.4, 0.5) is 5.69 Å². The number of ketones is 1. The van der Waals surface area contributed by atoms with Crippen molar-refractivity contribution in [3.05, 3.63) is 23.8 Å². The van der Waals surface area contributed by atoms with Crippen molar-refractivity contribution in [1.29, 1.82) is 0 Å². The van der Waals surface area contributed by atoms with Gasteiger partial charge in [0.2, 0.25) is 0 Å². The van der Waals surface area contributed by atoms with Crippen LogP contribution < -0.4 is 5.73 Å². The second-order valence-electron chi connectivity index (χ2n) is 2.94. The summed E-state index contributed by atoms with van der Waals surface area (Å²) < 4.78 is 22.6. The minimum absolute atomic E-state index is 0.103. The van der Waals surface area contributed by atoms with Crippen LogP contribution in [0.15, 0.2) is 23.1 Å². The monoisotopic (exact) mass is 197 g/mol. The first-order valence-corrected chi connectivity index (χ1v) is 5.31. The van der Waals surface area contributed by atoms with Crippen molar-refractivity contribution in [1.82, 2.24) is 0 Å². The predicted molar refractivity (Wildman–Crippen MR) is 47.2 cm³/mol. The van der Waals surface area contributed by atoms with Crippen molar-refractivity contribution in [3.8, 4) is 0 Å². The molecule has 5 heteroatoms. The molecule has 0 saturated heterocycles. The molecule has 1 aliphatic rings. The molecule has 0 radical (unpaired) electrons. The van der Waals surface area contributed by atoms with Crippen LogP contribution in [-0.2, 0) is 9.84 Å². The van der Waals surface area contributed by atoms with Gasteiger partial charge in [0.1, 0.15) is 5.75 Å². The third-order valence-corrected chi connectivity index (χ3v) is 3.63. The number of rotatable bonds is 0. The van der Waals surface area contributed by atoms with E-state index >= 15 is 0 Å². The summed E-state index contributed by atoms with van der Waals surface area (Å²) in [5, 5.41) is 0. The first-order valence-electron chi connectivity index (χ1n) is 3.66. The van der Waals surface area contributed by atoms with Crippen LogP contribution in [0.25, 0.3) is 0 Å². The molecule has 0 spiro atoms. The molecular weight excluding hydrogens is 190 g/mol. The lowest BCUT2D eigenvalue weighted by molar-refractivity contribution is 0.102. The number of benzene rings is 1. The van der Waals surface area contributed by atoms with Crippen LogP contribution in [-0.4, -0.2) is 20.0 Å². The highest BCUT2D eigenvalue weighted by Crippen LogP contribution is 2.27. The molecular formula is C8H7NO3S. The van der Waals surface area contributed by atoms with Gasteiger partial charge in [-0.2, -0.15) is 0 Å². The van der Waals surface area contributed by atoms with Crippen molar-refractivity contribution in [3.63, 3.8) is 0 Å². The molecule has 0 amide bonds. The van der Waals surface area contributed by atoms with Gasteiger partial charge >= 0.3 is 0 Å². The van der Waals surface area contributed by atoms with Gasteiger partial charge in [0.15, 0.2) is 15.6 Å². The minimum Gasteiger partial charge on any atom is -0.399 e. The fraction of sp³-hybridized carbons (Fsp3) is 0.125. The Balaban J connectivity index is 2.80. The highest BCUT2D eigenvalue weighted by Gasteiger charge is 2.32. The van der Waals surface area contributed by atoms with E-state index in [0.29, 0.717) is 5.69 Å². The summed E-state index contributed by atoms with van der Waals surface area (Å²) in [7, 11) is -3.38. The van der Waals surface area contributed by atoms with Crippen LogP contribution in [0.3, 0.4) is 0 Å². The van der Waals surface area contributed by atoms with E-state index in [9.17, 15) is 13.2 Å². The number of nitrogens with two attached hydrogens (primary N) is 1. The molecule has 4 nitrogen and oxygen atoms in total. The standard InChI is InChI=1S/C8H7NO3S/c9-5-1-2-8-6(3-5)7(10)4-13(8,11)12/h1-3H,4,9H2. The van der Waals surface area contributed by atoms with Gasteiger partial charge in [-0.1, -0.05) is 0 Å². The average Bonchev–Trinajstić information content (AvgIpc) is 2.22. The SMILES string of the molecule is Nc1ccc2c(c1)C(=O)CS2(=O)=O. The van der Waals surface area contributed by atoms with Crippen molar-refractivity contribution in [2.24, 2.45) is 0 Å². The lowest BCUT2D eigenvalue weighted by atomic mass is 10.1. The largest absolute Gasteiger partial charge is 0.399 e. The van der Waals surface area contributed by atoms with Gasteiger partial charge in [0, 0.05) is 11.3 Å². The zero-order chi connectivity index (χ0) is 9.64. The van der Waals surface area contributed by atoms with Crippen LogP contribution in [0.2, 0.25) is 0 Å². The van der Waals surface area contributed by atoms with Gasteiger partial charge in [-0.3, -0.25) is 4.79 Å². The molecule has 68 valence electrons. The Kier molecular flexibility index (Phi) is 1.47. The second kappa shape index (κ2) is 2.32. The number of anilines is 1. The molecule has 0 fully saturated rings. The molecule has 1 heterocycles. The summed E-state index contributed by atoms with van der Waals surface area (Å²) in [4.78, 5) is 11.3. The Morgan fingerprint density at radius 2 is 2.00 bits per heavy atom. The van der Waals surface area contributed by atoms with Gasteiger partial charge in [-0.25, -0.2) is 8.42 Å². The summed E-state index contributed by atoms with van der Waals surface area (Å²) >= 11 is 0. The third kappa shape index (κ3) is 1.12. The van der Waals surface area contributed by atoms with E-state index in [2.05, 4.69) is 0 Å². The van der Waals surface area contributed by atoms with Gasteiger partial charge in [-0.05, 0) is 18.2 Å². The lowest BCUT2D eigenvalue weighted by Gasteiger charge is -1.96. The Labute approximate surface area is 75.3 Å². The maximum Gasteiger partial charge on any atom is 0.186 e. The Morgan fingerprint density at radius 1 is 1.31 bits per heavy atom. The van der Waals surface area contributed by atoms with Crippen LogP contribution in [0.1, 0.15) is 10.4 Å². The highest BCUT2D eigenvalue weighted by molar-refractivity contribution is 7.92. The van der Waals surface area contributed by atoms with E-state index in [1.807, 2.05) is 0 Å². The average molecular weight is 197 g/mol. The van der Waals surface area contributed by atoms with Crippen molar-refractivity contribution in [2.45, 2.75) is 4.90 Å². The quantitative estimate of drug-likeness (QED) is 0.604. The van der Waals surface area contributed by atoms with E-state index in [1.54, 1.807) is 0 Å². The van der Waals surface area contributed by atoms with E-state index in [-0.39, 0.29) is 16.2 Å².